The van der Waals surface area contributed by atoms with E-state index in [4.69, 9.17) is 13.9 Å². The standard InChI is InChI=1S/C19H15BrO5/c1-11-3-5-17-14(7-11)15(21)9-18(25-17)19(22)24-10-12-8-13(20)4-6-16(12)23-2/h3-9H,10H2,1-2H3. The molecule has 0 bridgehead atoms. The first-order valence-corrected chi connectivity index (χ1v) is 8.31. The smallest absolute Gasteiger partial charge is 0.374 e. The van der Waals surface area contributed by atoms with Gasteiger partial charge in [0.2, 0.25) is 5.76 Å². The van der Waals surface area contributed by atoms with Gasteiger partial charge in [0, 0.05) is 16.1 Å². The first-order chi connectivity index (χ1) is 12.0. The lowest BCUT2D eigenvalue weighted by Gasteiger charge is -2.10. The Hall–Kier alpha value is -2.60. The molecule has 0 N–H and O–H groups in total. The van der Waals surface area contributed by atoms with E-state index in [-0.39, 0.29) is 17.8 Å². The molecule has 0 spiro atoms. The SMILES string of the molecule is COc1ccc(Br)cc1COC(=O)c1cc(=O)c2cc(C)ccc2o1. The van der Waals surface area contributed by atoms with Gasteiger partial charge in [0.1, 0.15) is 17.9 Å². The second kappa shape index (κ2) is 7.11. The summed E-state index contributed by atoms with van der Waals surface area (Å²) in [7, 11) is 1.54. The Labute approximate surface area is 152 Å². The van der Waals surface area contributed by atoms with Crippen LogP contribution in [0.15, 0.2) is 56.1 Å². The summed E-state index contributed by atoms with van der Waals surface area (Å²) in [5.41, 5.74) is 1.71. The number of methoxy groups -OCH3 is 1. The van der Waals surface area contributed by atoms with Crippen LogP contribution in [0.25, 0.3) is 11.0 Å². The first-order valence-electron chi connectivity index (χ1n) is 7.52. The molecule has 0 unspecified atom stereocenters. The Morgan fingerprint density at radius 1 is 1.16 bits per heavy atom. The van der Waals surface area contributed by atoms with E-state index in [1.807, 2.05) is 19.1 Å². The minimum atomic E-state index is -0.707. The van der Waals surface area contributed by atoms with Crippen LogP contribution >= 0.6 is 15.9 Å². The molecule has 0 atom stereocenters. The maximum absolute atomic E-state index is 12.3. The van der Waals surface area contributed by atoms with E-state index >= 15 is 0 Å². The van der Waals surface area contributed by atoms with Gasteiger partial charge in [0.15, 0.2) is 5.43 Å². The predicted octanol–water partition coefficient (Wildman–Crippen LogP) is 4.23. The van der Waals surface area contributed by atoms with Gasteiger partial charge in [-0.2, -0.15) is 0 Å². The molecule has 0 fully saturated rings. The zero-order valence-corrected chi connectivity index (χ0v) is 15.3. The van der Waals surface area contributed by atoms with Crippen molar-refractivity contribution in [3.63, 3.8) is 0 Å². The largest absolute Gasteiger partial charge is 0.496 e. The number of aryl methyl sites for hydroxylation is 1. The zero-order valence-electron chi connectivity index (χ0n) is 13.7. The van der Waals surface area contributed by atoms with Crippen molar-refractivity contribution in [1.82, 2.24) is 0 Å². The van der Waals surface area contributed by atoms with Gasteiger partial charge in [-0.15, -0.1) is 0 Å². The van der Waals surface area contributed by atoms with Crippen molar-refractivity contribution in [1.29, 1.82) is 0 Å². The Kier molecular flexibility index (Phi) is 4.90. The number of carbonyl (C=O) groups is 1. The minimum absolute atomic E-state index is 0.00288. The van der Waals surface area contributed by atoms with Crippen molar-refractivity contribution in [2.45, 2.75) is 13.5 Å². The maximum Gasteiger partial charge on any atom is 0.374 e. The number of hydrogen-bond donors (Lipinski definition) is 0. The third kappa shape index (κ3) is 3.74. The minimum Gasteiger partial charge on any atom is -0.496 e. The molecular formula is C19H15BrO5. The van der Waals surface area contributed by atoms with Gasteiger partial charge in [0.05, 0.1) is 12.5 Å². The van der Waals surface area contributed by atoms with Crippen molar-refractivity contribution in [3.8, 4) is 5.75 Å². The average Bonchev–Trinajstić information content (AvgIpc) is 2.60. The monoisotopic (exact) mass is 402 g/mol. The van der Waals surface area contributed by atoms with Crippen LogP contribution in [-0.4, -0.2) is 13.1 Å². The molecule has 6 heteroatoms. The van der Waals surface area contributed by atoms with Gasteiger partial charge in [-0.05, 0) is 37.3 Å². The van der Waals surface area contributed by atoms with E-state index in [1.165, 1.54) is 0 Å². The summed E-state index contributed by atoms with van der Waals surface area (Å²) in [6, 6.07) is 11.8. The second-order valence-corrected chi connectivity index (χ2v) is 6.42. The quantitative estimate of drug-likeness (QED) is 0.610. The molecule has 0 radical (unpaired) electrons. The fourth-order valence-electron chi connectivity index (χ4n) is 2.45. The molecule has 5 nitrogen and oxygen atoms in total. The van der Waals surface area contributed by atoms with Crippen LogP contribution in [0.5, 0.6) is 5.75 Å². The highest BCUT2D eigenvalue weighted by atomic mass is 79.9. The van der Waals surface area contributed by atoms with E-state index < -0.39 is 5.97 Å². The first kappa shape index (κ1) is 17.2. The van der Waals surface area contributed by atoms with Gasteiger partial charge in [-0.25, -0.2) is 4.79 Å². The highest BCUT2D eigenvalue weighted by molar-refractivity contribution is 9.10. The Morgan fingerprint density at radius 3 is 2.72 bits per heavy atom. The number of hydrogen-bond acceptors (Lipinski definition) is 5. The third-order valence-electron chi connectivity index (χ3n) is 3.69. The van der Waals surface area contributed by atoms with Crippen molar-refractivity contribution < 1.29 is 18.7 Å². The number of benzene rings is 2. The predicted molar refractivity (Wildman–Crippen MR) is 97.0 cm³/mol. The number of rotatable bonds is 4. The van der Waals surface area contributed by atoms with Crippen LogP contribution in [-0.2, 0) is 11.3 Å². The van der Waals surface area contributed by atoms with E-state index in [0.717, 1.165) is 16.1 Å². The van der Waals surface area contributed by atoms with Gasteiger partial charge >= 0.3 is 5.97 Å². The molecule has 0 saturated carbocycles. The van der Waals surface area contributed by atoms with Crippen LogP contribution in [0.3, 0.4) is 0 Å². The van der Waals surface area contributed by atoms with Crippen LogP contribution in [0.1, 0.15) is 21.7 Å². The summed E-state index contributed by atoms with van der Waals surface area (Å²) >= 11 is 3.36. The highest BCUT2D eigenvalue weighted by Crippen LogP contribution is 2.24. The van der Waals surface area contributed by atoms with Crippen molar-refractivity contribution in [2.24, 2.45) is 0 Å². The summed E-state index contributed by atoms with van der Waals surface area (Å²) in [6.07, 6.45) is 0. The summed E-state index contributed by atoms with van der Waals surface area (Å²) in [4.78, 5) is 24.4. The topological polar surface area (TPSA) is 65.7 Å². The molecule has 3 aromatic rings. The molecule has 1 heterocycles. The molecule has 0 aliphatic heterocycles. The summed E-state index contributed by atoms with van der Waals surface area (Å²) in [6.45, 7) is 1.88. The Morgan fingerprint density at radius 2 is 1.96 bits per heavy atom. The molecule has 2 aromatic carbocycles. The summed E-state index contributed by atoms with van der Waals surface area (Å²) in [5, 5.41) is 0.435. The molecule has 0 saturated heterocycles. The lowest BCUT2D eigenvalue weighted by molar-refractivity contribution is 0.0434. The molecule has 3 rings (SSSR count). The normalized spacial score (nSPS) is 10.7. The highest BCUT2D eigenvalue weighted by Gasteiger charge is 2.15. The van der Waals surface area contributed by atoms with Crippen LogP contribution in [0.4, 0.5) is 0 Å². The molecular weight excluding hydrogens is 388 g/mol. The number of halogens is 1. The van der Waals surface area contributed by atoms with E-state index in [2.05, 4.69) is 15.9 Å². The molecule has 0 aliphatic rings. The fraction of sp³-hybridized carbons (Fsp3) is 0.158. The maximum atomic E-state index is 12.3. The van der Waals surface area contributed by atoms with Crippen molar-refractivity contribution in [3.05, 3.63) is 74.0 Å². The summed E-state index contributed by atoms with van der Waals surface area (Å²) < 4.78 is 16.9. The van der Waals surface area contributed by atoms with Gasteiger partial charge in [-0.1, -0.05) is 27.6 Å². The lowest BCUT2D eigenvalue weighted by Crippen LogP contribution is -2.10. The van der Waals surface area contributed by atoms with E-state index in [9.17, 15) is 9.59 Å². The number of esters is 1. The van der Waals surface area contributed by atoms with Gasteiger partial charge in [0.25, 0.3) is 0 Å². The lowest BCUT2D eigenvalue weighted by atomic mass is 10.1. The molecule has 128 valence electrons. The van der Waals surface area contributed by atoms with Crippen molar-refractivity contribution >= 4 is 32.9 Å². The molecule has 1 aromatic heterocycles. The molecule has 25 heavy (non-hydrogen) atoms. The number of fused-ring (bicyclic) bond motifs is 1. The van der Waals surface area contributed by atoms with Crippen LogP contribution < -0.4 is 10.2 Å². The zero-order chi connectivity index (χ0) is 18.0. The van der Waals surface area contributed by atoms with E-state index in [1.54, 1.807) is 31.4 Å². The Balaban J connectivity index is 1.85. The van der Waals surface area contributed by atoms with Gasteiger partial charge < -0.3 is 13.9 Å². The second-order valence-electron chi connectivity index (χ2n) is 5.51. The fourth-order valence-corrected chi connectivity index (χ4v) is 2.85. The average molecular weight is 403 g/mol. The summed E-state index contributed by atoms with van der Waals surface area (Å²) in [5.74, 6) is -0.233. The molecule has 0 aliphatic carbocycles. The Bertz CT molecular complexity index is 1010. The number of carbonyl (C=O) groups excluding carboxylic acids is 1. The van der Waals surface area contributed by atoms with Crippen molar-refractivity contribution in [2.75, 3.05) is 7.11 Å². The van der Waals surface area contributed by atoms with Gasteiger partial charge in [-0.3, -0.25) is 4.79 Å². The van der Waals surface area contributed by atoms with Crippen LogP contribution in [0.2, 0.25) is 0 Å². The van der Waals surface area contributed by atoms with E-state index in [0.29, 0.717) is 22.3 Å². The number of ether oxygens (including phenoxy) is 2. The third-order valence-corrected chi connectivity index (χ3v) is 4.18. The molecule has 0 amide bonds. The van der Waals surface area contributed by atoms with Crippen LogP contribution in [0, 0.1) is 6.92 Å².